The summed E-state index contributed by atoms with van der Waals surface area (Å²) >= 11 is 0. The summed E-state index contributed by atoms with van der Waals surface area (Å²) in [6.45, 7) is 8.03. The fourth-order valence-electron chi connectivity index (χ4n) is 3.81. The highest BCUT2D eigenvalue weighted by molar-refractivity contribution is 6.04. The van der Waals surface area contributed by atoms with Gasteiger partial charge in [-0.05, 0) is 60.9 Å². The Morgan fingerprint density at radius 3 is 1.94 bits per heavy atom. The van der Waals surface area contributed by atoms with E-state index in [4.69, 9.17) is 9.47 Å². The van der Waals surface area contributed by atoms with E-state index in [1.54, 1.807) is 24.4 Å². The first kappa shape index (κ1) is 29.5. The standard InChI is InChI=1S/C32H47NO3/c1-4-6-7-8-9-10-11-12-13-14-25-35-30-21-17-29(18-22-30)33-24-23-32(34)28-15-19-31(20-16-28)36-26-27(3)5-2/h15-24,27,33H,4-14,25-26H2,1-3H3/b24-23+/t27-/m1/s1. The van der Waals surface area contributed by atoms with Crippen LogP contribution in [-0.4, -0.2) is 19.0 Å². The van der Waals surface area contributed by atoms with Crippen LogP contribution in [-0.2, 0) is 0 Å². The van der Waals surface area contributed by atoms with Gasteiger partial charge < -0.3 is 14.8 Å². The molecule has 2 rings (SSSR count). The molecule has 1 atom stereocenters. The summed E-state index contributed by atoms with van der Waals surface area (Å²) in [5.41, 5.74) is 1.55. The summed E-state index contributed by atoms with van der Waals surface area (Å²) in [6.07, 6.45) is 17.6. The van der Waals surface area contributed by atoms with Crippen LogP contribution in [0.1, 0.15) is 102 Å². The third-order valence-electron chi connectivity index (χ3n) is 6.48. The zero-order valence-corrected chi connectivity index (χ0v) is 22.8. The van der Waals surface area contributed by atoms with Crippen LogP contribution in [0.4, 0.5) is 5.69 Å². The number of hydrogen-bond donors (Lipinski definition) is 1. The lowest BCUT2D eigenvalue weighted by molar-refractivity contribution is 0.104. The molecule has 4 nitrogen and oxygen atoms in total. The molecule has 0 aliphatic carbocycles. The summed E-state index contributed by atoms with van der Waals surface area (Å²) in [4.78, 5) is 12.4. The smallest absolute Gasteiger partial charge is 0.187 e. The van der Waals surface area contributed by atoms with Crippen LogP contribution in [0.5, 0.6) is 11.5 Å². The van der Waals surface area contributed by atoms with Crippen LogP contribution >= 0.6 is 0 Å². The summed E-state index contributed by atoms with van der Waals surface area (Å²) < 4.78 is 11.6. The van der Waals surface area contributed by atoms with Gasteiger partial charge >= 0.3 is 0 Å². The monoisotopic (exact) mass is 493 g/mol. The molecule has 0 heterocycles. The van der Waals surface area contributed by atoms with E-state index in [1.165, 1.54) is 57.8 Å². The molecule has 0 spiro atoms. The quantitative estimate of drug-likeness (QED) is 0.113. The van der Waals surface area contributed by atoms with E-state index < -0.39 is 0 Å². The first-order valence-corrected chi connectivity index (χ1v) is 14.1. The molecular weight excluding hydrogens is 446 g/mol. The van der Waals surface area contributed by atoms with Gasteiger partial charge in [-0.3, -0.25) is 4.79 Å². The zero-order chi connectivity index (χ0) is 25.8. The second kappa shape index (κ2) is 18.5. The maximum absolute atomic E-state index is 12.4. The first-order chi connectivity index (χ1) is 17.6. The second-order valence-corrected chi connectivity index (χ2v) is 9.75. The van der Waals surface area contributed by atoms with Crippen molar-refractivity contribution in [1.29, 1.82) is 0 Å². The molecule has 0 amide bonds. The number of carbonyl (C=O) groups excluding carboxylic acids is 1. The molecule has 0 unspecified atom stereocenters. The molecule has 4 heteroatoms. The lowest BCUT2D eigenvalue weighted by Crippen LogP contribution is -2.07. The van der Waals surface area contributed by atoms with E-state index in [-0.39, 0.29) is 5.78 Å². The first-order valence-electron chi connectivity index (χ1n) is 14.1. The molecule has 0 aromatic heterocycles. The number of carbonyl (C=O) groups is 1. The van der Waals surface area contributed by atoms with Crippen molar-refractivity contribution in [2.24, 2.45) is 5.92 Å². The van der Waals surface area contributed by atoms with E-state index in [9.17, 15) is 4.79 Å². The Morgan fingerprint density at radius 1 is 0.778 bits per heavy atom. The van der Waals surface area contributed by atoms with Crippen LogP contribution in [0, 0.1) is 5.92 Å². The second-order valence-electron chi connectivity index (χ2n) is 9.75. The normalized spacial score (nSPS) is 12.0. The van der Waals surface area contributed by atoms with Crippen molar-refractivity contribution in [1.82, 2.24) is 0 Å². The number of rotatable bonds is 20. The van der Waals surface area contributed by atoms with Gasteiger partial charge in [-0.15, -0.1) is 0 Å². The van der Waals surface area contributed by atoms with E-state index in [1.807, 2.05) is 36.4 Å². The van der Waals surface area contributed by atoms with E-state index >= 15 is 0 Å². The summed E-state index contributed by atoms with van der Waals surface area (Å²) in [5, 5.41) is 3.15. The van der Waals surface area contributed by atoms with Crippen LogP contribution in [0.15, 0.2) is 60.8 Å². The molecule has 1 N–H and O–H groups in total. The predicted molar refractivity (Wildman–Crippen MR) is 152 cm³/mol. The molecule has 2 aromatic carbocycles. The van der Waals surface area contributed by atoms with Gasteiger partial charge in [0.15, 0.2) is 5.78 Å². The van der Waals surface area contributed by atoms with Crippen LogP contribution < -0.4 is 14.8 Å². The van der Waals surface area contributed by atoms with E-state index in [0.29, 0.717) is 18.1 Å². The lowest BCUT2D eigenvalue weighted by atomic mass is 10.1. The molecule has 198 valence electrons. The summed E-state index contributed by atoms with van der Waals surface area (Å²) in [7, 11) is 0. The van der Waals surface area contributed by atoms with Gasteiger partial charge in [0.1, 0.15) is 11.5 Å². The molecule has 0 aliphatic heterocycles. The highest BCUT2D eigenvalue weighted by Gasteiger charge is 2.04. The van der Waals surface area contributed by atoms with Gasteiger partial charge in [-0.2, -0.15) is 0 Å². The van der Waals surface area contributed by atoms with Crippen molar-refractivity contribution in [3.8, 4) is 11.5 Å². The van der Waals surface area contributed by atoms with Gasteiger partial charge in [0.25, 0.3) is 0 Å². The largest absolute Gasteiger partial charge is 0.494 e. The number of benzene rings is 2. The van der Waals surface area contributed by atoms with Crippen LogP contribution in [0.2, 0.25) is 0 Å². The topological polar surface area (TPSA) is 47.6 Å². The molecule has 36 heavy (non-hydrogen) atoms. The van der Waals surface area contributed by atoms with E-state index in [0.717, 1.165) is 36.6 Å². The SMILES string of the molecule is CCCCCCCCCCCCOc1ccc(N/C=C/C(=O)c2ccc(OC[C@H](C)CC)cc2)cc1. The molecule has 2 aromatic rings. The molecule has 0 saturated heterocycles. The fourth-order valence-corrected chi connectivity index (χ4v) is 3.81. The highest BCUT2D eigenvalue weighted by atomic mass is 16.5. The van der Waals surface area contributed by atoms with Crippen molar-refractivity contribution >= 4 is 11.5 Å². The van der Waals surface area contributed by atoms with Crippen molar-refractivity contribution < 1.29 is 14.3 Å². The average Bonchev–Trinajstić information content (AvgIpc) is 2.91. The maximum atomic E-state index is 12.4. The number of ether oxygens (including phenoxy) is 2. The molecule has 0 aliphatic rings. The van der Waals surface area contributed by atoms with Crippen LogP contribution in [0.3, 0.4) is 0 Å². The number of anilines is 1. The van der Waals surface area contributed by atoms with Gasteiger partial charge in [0, 0.05) is 23.5 Å². The molecule has 0 saturated carbocycles. The Morgan fingerprint density at radius 2 is 1.33 bits per heavy atom. The third-order valence-corrected chi connectivity index (χ3v) is 6.48. The maximum Gasteiger partial charge on any atom is 0.187 e. The van der Waals surface area contributed by atoms with Gasteiger partial charge in [0.05, 0.1) is 13.2 Å². The Bertz CT molecular complexity index is 858. The van der Waals surface area contributed by atoms with E-state index in [2.05, 4.69) is 26.1 Å². The van der Waals surface area contributed by atoms with Crippen molar-refractivity contribution in [3.63, 3.8) is 0 Å². The summed E-state index contributed by atoms with van der Waals surface area (Å²) in [6, 6.07) is 15.2. The minimum absolute atomic E-state index is 0.0487. The molecular formula is C32H47NO3. The minimum Gasteiger partial charge on any atom is -0.494 e. The number of hydrogen-bond acceptors (Lipinski definition) is 4. The number of unbranched alkanes of at least 4 members (excludes halogenated alkanes) is 9. The van der Waals surface area contributed by atoms with Gasteiger partial charge in [-0.1, -0.05) is 85.0 Å². The minimum atomic E-state index is -0.0487. The average molecular weight is 494 g/mol. The van der Waals surface area contributed by atoms with Crippen molar-refractivity contribution in [2.75, 3.05) is 18.5 Å². The summed E-state index contributed by atoms with van der Waals surface area (Å²) in [5.74, 6) is 2.15. The zero-order valence-electron chi connectivity index (χ0n) is 22.8. The van der Waals surface area contributed by atoms with Crippen molar-refractivity contribution in [3.05, 3.63) is 66.4 Å². The Balaban J connectivity index is 1.59. The molecule has 0 fully saturated rings. The Hall–Kier alpha value is -2.75. The van der Waals surface area contributed by atoms with Crippen LogP contribution in [0.25, 0.3) is 0 Å². The fraction of sp³-hybridized carbons (Fsp3) is 0.531. The third kappa shape index (κ3) is 12.8. The predicted octanol–water partition coefficient (Wildman–Crippen LogP) is 9.22. The van der Waals surface area contributed by atoms with Gasteiger partial charge in [-0.25, -0.2) is 0 Å². The van der Waals surface area contributed by atoms with Crippen molar-refractivity contribution in [2.45, 2.75) is 91.4 Å². The lowest BCUT2D eigenvalue weighted by Gasteiger charge is -2.10. The number of ketones is 1. The number of nitrogens with one attached hydrogen (secondary N) is 1. The Labute approximate surface area is 219 Å². The van der Waals surface area contributed by atoms with Gasteiger partial charge in [0.2, 0.25) is 0 Å². The Kier molecular flexibility index (Phi) is 15.2. The molecule has 0 bridgehead atoms. The molecule has 0 radical (unpaired) electrons. The highest BCUT2D eigenvalue weighted by Crippen LogP contribution is 2.18. The number of allylic oxidation sites excluding steroid dienone is 1.